The number of hydroxylamine groups is 1. The molecule has 0 bridgehead atoms. The van der Waals surface area contributed by atoms with E-state index in [1.807, 2.05) is 0 Å². The molecule has 1 aromatic carbocycles. The highest BCUT2D eigenvalue weighted by molar-refractivity contribution is 5.97. The summed E-state index contributed by atoms with van der Waals surface area (Å²) >= 11 is 0. The summed E-state index contributed by atoms with van der Waals surface area (Å²) in [4.78, 5) is 23.9. The van der Waals surface area contributed by atoms with Crippen LogP contribution in [0.2, 0.25) is 0 Å². The molecule has 0 aliphatic carbocycles. The van der Waals surface area contributed by atoms with Gasteiger partial charge in [-0.25, -0.2) is 5.48 Å². The van der Waals surface area contributed by atoms with Gasteiger partial charge in [-0.3, -0.25) is 14.8 Å². The highest BCUT2D eigenvalue weighted by atomic mass is 16.5. The molecule has 0 saturated carbocycles. The number of benzene rings is 1. The molecule has 1 atom stereocenters. The zero-order valence-corrected chi connectivity index (χ0v) is 15.4. The fourth-order valence-corrected chi connectivity index (χ4v) is 2.26. The van der Waals surface area contributed by atoms with E-state index < -0.39 is 17.9 Å². The van der Waals surface area contributed by atoms with E-state index in [2.05, 4.69) is 29.0 Å². The average Bonchev–Trinajstić information content (AvgIpc) is 3.17. The maximum atomic E-state index is 12.3. The fourth-order valence-electron chi connectivity index (χ4n) is 2.26. The zero-order valence-electron chi connectivity index (χ0n) is 15.4. The van der Waals surface area contributed by atoms with Gasteiger partial charge < -0.3 is 14.8 Å². The van der Waals surface area contributed by atoms with Crippen LogP contribution in [0.1, 0.15) is 41.3 Å². The van der Waals surface area contributed by atoms with Crippen molar-refractivity contribution in [3.63, 3.8) is 0 Å². The summed E-state index contributed by atoms with van der Waals surface area (Å²) in [6.45, 7) is 3.33. The van der Waals surface area contributed by atoms with Crippen LogP contribution in [-0.2, 0) is 11.4 Å². The standard InChI is InChI=1S/C21H20N2O5/c1-14(2)19(21(26)23-27)22-20(25)16-9-7-15(8-10-16)5-3-4-6-17-11-12-18(13-24)28-17/h7-12,14,19,24,27H,13H2,1-2H3,(H,22,25)(H,23,26)/t19-/m1/s1. The second-order valence-electron chi connectivity index (χ2n) is 6.17. The summed E-state index contributed by atoms with van der Waals surface area (Å²) in [5, 5.41) is 20.3. The predicted octanol–water partition coefficient (Wildman–Crippen LogP) is 1.43. The molecule has 0 unspecified atom stereocenters. The van der Waals surface area contributed by atoms with Crippen molar-refractivity contribution in [2.75, 3.05) is 0 Å². The summed E-state index contributed by atoms with van der Waals surface area (Å²) in [7, 11) is 0. The molecule has 144 valence electrons. The number of hydrogen-bond donors (Lipinski definition) is 4. The van der Waals surface area contributed by atoms with Crippen molar-refractivity contribution in [2.45, 2.75) is 26.5 Å². The van der Waals surface area contributed by atoms with E-state index in [1.165, 1.54) is 0 Å². The minimum atomic E-state index is -0.847. The third-order valence-corrected chi connectivity index (χ3v) is 3.77. The van der Waals surface area contributed by atoms with Crippen LogP contribution in [0.25, 0.3) is 0 Å². The number of furan rings is 1. The maximum absolute atomic E-state index is 12.3. The van der Waals surface area contributed by atoms with Gasteiger partial charge >= 0.3 is 0 Å². The Labute approximate surface area is 162 Å². The first-order chi connectivity index (χ1) is 13.4. The first kappa shape index (κ1) is 20.8. The predicted molar refractivity (Wildman–Crippen MR) is 101 cm³/mol. The lowest BCUT2D eigenvalue weighted by Gasteiger charge is -2.20. The van der Waals surface area contributed by atoms with Crippen LogP contribution >= 0.6 is 0 Å². The van der Waals surface area contributed by atoms with E-state index in [0.717, 1.165) is 0 Å². The van der Waals surface area contributed by atoms with Gasteiger partial charge in [0.25, 0.3) is 11.8 Å². The van der Waals surface area contributed by atoms with E-state index >= 15 is 0 Å². The van der Waals surface area contributed by atoms with Gasteiger partial charge in [-0.1, -0.05) is 19.8 Å². The number of carbonyl (C=O) groups is 2. The Morgan fingerprint density at radius 3 is 2.32 bits per heavy atom. The van der Waals surface area contributed by atoms with E-state index in [1.54, 1.807) is 55.7 Å². The maximum Gasteiger partial charge on any atom is 0.266 e. The molecule has 0 aliphatic rings. The van der Waals surface area contributed by atoms with Crippen molar-refractivity contribution in [3.05, 3.63) is 59.0 Å². The molecular formula is C21H20N2O5. The fraction of sp³-hybridized carbons (Fsp3) is 0.238. The van der Waals surface area contributed by atoms with E-state index in [9.17, 15) is 9.59 Å². The number of aliphatic hydroxyl groups excluding tert-OH is 1. The molecule has 2 amide bonds. The topological polar surface area (TPSA) is 112 Å². The minimum Gasteiger partial charge on any atom is -0.450 e. The van der Waals surface area contributed by atoms with Crippen molar-refractivity contribution in [2.24, 2.45) is 5.92 Å². The molecule has 0 fully saturated rings. The molecule has 0 spiro atoms. The molecule has 0 radical (unpaired) electrons. The van der Waals surface area contributed by atoms with Crippen molar-refractivity contribution < 1.29 is 24.3 Å². The Hall–Kier alpha value is -3.52. The first-order valence-electron chi connectivity index (χ1n) is 8.51. The van der Waals surface area contributed by atoms with Gasteiger partial charge in [-0.2, -0.15) is 0 Å². The normalized spacial score (nSPS) is 10.9. The summed E-state index contributed by atoms with van der Waals surface area (Å²) in [6.07, 6.45) is 0. The average molecular weight is 380 g/mol. The Morgan fingerprint density at radius 1 is 1.07 bits per heavy atom. The molecule has 2 rings (SSSR count). The molecular weight excluding hydrogens is 360 g/mol. The Bertz CT molecular complexity index is 952. The lowest BCUT2D eigenvalue weighted by molar-refractivity contribution is -0.132. The van der Waals surface area contributed by atoms with Crippen LogP contribution in [0.5, 0.6) is 0 Å². The van der Waals surface area contributed by atoms with Gasteiger partial charge in [0, 0.05) is 11.1 Å². The first-order valence-corrected chi connectivity index (χ1v) is 8.51. The Balaban J connectivity index is 2.01. The summed E-state index contributed by atoms with van der Waals surface area (Å²) in [5.74, 6) is 10.4. The van der Waals surface area contributed by atoms with Gasteiger partial charge in [0.1, 0.15) is 18.4 Å². The molecule has 7 heteroatoms. The SMILES string of the molecule is CC(C)[C@@H](NC(=O)c1ccc(C#CC#Cc2ccc(CO)o2)cc1)C(=O)NO. The van der Waals surface area contributed by atoms with Gasteiger partial charge in [-0.05, 0) is 60.1 Å². The van der Waals surface area contributed by atoms with Crippen molar-refractivity contribution >= 4 is 11.8 Å². The largest absolute Gasteiger partial charge is 0.450 e. The van der Waals surface area contributed by atoms with Crippen LogP contribution in [0, 0.1) is 29.6 Å². The summed E-state index contributed by atoms with van der Waals surface area (Å²) < 4.78 is 5.22. The van der Waals surface area contributed by atoms with Gasteiger partial charge in [0.15, 0.2) is 5.76 Å². The van der Waals surface area contributed by atoms with Crippen LogP contribution in [0.4, 0.5) is 0 Å². The van der Waals surface area contributed by atoms with Crippen LogP contribution in [-0.4, -0.2) is 28.2 Å². The Morgan fingerprint density at radius 2 is 1.75 bits per heavy atom. The number of rotatable bonds is 5. The highest BCUT2D eigenvalue weighted by Gasteiger charge is 2.24. The van der Waals surface area contributed by atoms with Gasteiger partial charge in [0.2, 0.25) is 0 Å². The van der Waals surface area contributed by atoms with Crippen molar-refractivity contribution in [1.82, 2.24) is 10.8 Å². The quantitative estimate of drug-likeness (QED) is 0.356. The second-order valence-corrected chi connectivity index (χ2v) is 6.17. The molecule has 0 aliphatic heterocycles. The highest BCUT2D eigenvalue weighted by Crippen LogP contribution is 2.07. The number of hydrogen-bond acceptors (Lipinski definition) is 5. The molecule has 4 N–H and O–H groups in total. The number of aliphatic hydroxyl groups is 1. The van der Waals surface area contributed by atoms with Crippen molar-refractivity contribution in [3.8, 4) is 23.7 Å². The second kappa shape index (κ2) is 9.98. The molecule has 7 nitrogen and oxygen atoms in total. The van der Waals surface area contributed by atoms with Crippen LogP contribution in [0.15, 0.2) is 40.8 Å². The number of nitrogens with one attached hydrogen (secondary N) is 2. The number of carbonyl (C=O) groups excluding carboxylic acids is 2. The molecule has 0 saturated heterocycles. The molecule has 2 aromatic rings. The van der Waals surface area contributed by atoms with E-state index in [-0.39, 0.29) is 12.5 Å². The Kier molecular flexibility index (Phi) is 7.41. The van der Waals surface area contributed by atoms with Crippen LogP contribution < -0.4 is 10.8 Å². The number of amides is 2. The smallest absolute Gasteiger partial charge is 0.266 e. The summed E-state index contributed by atoms with van der Waals surface area (Å²) in [6, 6.07) is 8.93. The lowest BCUT2D eigenvalue weighted by atomic mass is 10.0. The lowest BCUT2D eigenvalue weighted by Crippen LogP contribution is -2.48. The minimum absolute atomic E-state index is 0.185. The van der Waals surface area contributed by atoms with Gasteiger partial charge in [0.05, 0.1) is 0 Å². The van der Waals surface area contributed by atoms with E-state index in [0.29, 0.717) is 22.6 Å². The molecule has 1 heterocycles. The molecule has 1 aromatic heterocycles. The zero-order chi connectivity index (χ0) is 20.5. The third kappa shape index (κ3) is 5.75. The van der Waals surface area contributed by atoms with E-state index in [4.69, 9.17) is 14.7 Å². The monoisotopic (exact) mass is 380 g/mol. The third-order valence-electron chi connectivity index (χ3n) is 3.77. The summed E-state index contributed by atoms with van der Waals surface area (Å²) in [5.41, 5.74) is 2.58. The van der Waals surface area contributed by atoms with Crippen LogP contribution in [0.3, 0.4) is 0 Å². The van der Waals surface area contributed by atoms with Crippen molar-refractivity contribution in [1.29, 1.82) is 0 Å². The van der Waals surface area contributed by atoms with Gasteiger partial charge in [-0.15, -0.1) is 0 Å². The molecule has 28 heavy (non-hydrogen) atoms.